The first-order valence-electron chi connectivity index (χ1n) is 5.21. The van der Waals surface area contributed by atoms with E-state index in [4.69, 9.17) is 14.2 Å². The van der Waals surface area contributed by atoms with E-state index >= 15 is 0 Å². The van der Waals surface area contributed by atoms with Gasteiger partial charge in [-0.1, -0.05) is 12.1 Å². The standard InChI is InChI=1S/C12H16O3/c1-13-11-4-2-3-10(7-11)5-6-14-8-12-9-15-12/h2-4,7,12H,5-6,8-9H2,1H3. The molecule has 0 saturated carbocycles. The molecule has 0 bridgehead atoms. The van der Waals surface area contributed by atoms with Crippen molar-refractivity contribution in [3.05, 3.63) is 29.8 Å². The van der Waals surface area contributed by atoms with Crippen LogP contribution in [0.5, 0.6) is 5.75 Å². The lowest BCUT2D eigenvalue weighted by Crippen LogP contribution is -2.04. The molecule has 2 rings (SSSR count). The fraction of sp³-hybridized carbons (Fsp3) is 0.500. The van der Waals surface area contributed by atoms with Crippen molar-refractivity contribution in [1.82, 2.24) is 0 Å². The zero-order valence-corrected chi connectivity index (χ0v) is 8.94. The van der Waals surface area contributed by atoms with Gasteiger partial charge in [0.1, 0.15) is 11.9 Å². The molecule has 3 heteroatoms. The van der Waals surface area contributed by atoms with E-state index in [0.29, 0.717) is 6.10 Å². The lowest BCUT2D eigenvalue weighted by molar-refractivity contribution is 0.119. The summed E-state index contributed by atoms with van der Waals surface area (Å²) in [7, 11) is 1.68. The highest BCUT2D eigenvalue weighted by atomic mass is 16.6. The molecule has 0 radical (unpaired) electrons. The maximum Gasteiger partial charge on any atom is 0.119 e. The summed E-state index contributed by atoms with van der Waals surface area (Å²) in [4.78, 5) is 0. The van der Waals surface area contributed by atoms with Gasteiger partial charge in [0.05, 0.1) is 26.9 Å². The Kier molecular flexibility index (Phi) is 3.59. The van der Waals surface area contributed by atoms with E-state index < -0.39 is 0 Å². The van der Waals surface area contributed by atoms with Gasteiger partial charge < -0.3 is 14.2 Å². The van der Waals surface area contributed by atoms with Gasteiger partial charge in [-0.3, -0.25) is 0 Å². The summed E-state index contributed by atoms with van der Waals surface area (Å²) >= 11 is 0. The molecule has 1 atom stereocenters. The summed E-state index contributed by atoms with van der Waals surface area (Å²) in [5, 5.41) is 0. The summed E-state index contributed by atoms with van der Waals surface area (Å²) in [6, 6.07) is 8.07. The normalized spacial score (nSPS) is 18.9. The van der Waals surface area contributed by atoms with E-state index in [-0.39, 0.29) is 0 Å². The van der Waals surface area contributed by atoms with Crippen LogP contribution in [0.3, 0.4) is 0 Å². The summed E-state index contributed by atoms with van der Waals surface area (Å²) in [5.41, 5.74) is 1.24. The summed E-state index contributed by atoms with van der Waals surface area (Å²) in [6.45, 7) is 2.33. The Balaban J connectivity index is 1.71. The van der Waals surface area contributed by atoms with Crippen molar-refractivity contribution in [2.45, 2.75) is 12.5 Å². The van der Waals surface area contributed by atoms with Gasteiger partial charge in [0.15, 0.2) is 0 Å². The summed E-state index contributed by atoms with van der Waals surface area (Å²) in [5.74, 6) is 0.901. The molecular formula is C12H16O3. The smallest absolute Gasteiger partial charge is 0.119 e. The van der Waals surface area contributed by atoms with Crippen molar-refractivity contribution >= 4 is 0 Å². The zero-order chi connectivity index (χ0) is 10.5. The van der Waals surface area contributed by atoms with E-state index in [1.165, 1.54) is 5.56 Å². The molecule has 0 aromatic heterocycles. The topological polar surface area (TPSA) is 31.0 Å². The second-order valence-corrected chi connectivity index (χ2v) is 3.63. The molecule has 1 aromatic rings. The second-order valence-electron chi connectivity index (χ2n) is 3.63. The molecule has 82 valence electrons. The van der Waals surface area contributed by atoms with Crippen LogP contribution >= 0.6 is 0 Å². The molecule has 1 heterocycles. The quantitative estimate of drug-likeness (QED) is 0.526. The van der Waals surface area contributed by atoms with E-state index in [2.05, 4.69) is 6.07 Å². The lowest BCUT2D eigenvalue weighted by Gasteiger charge is -2.04. The highest BCUT2D eigenvalue weighted by Crippen LogP contribution is 2.13. The van der Waals surface area contributed by atoms with Crippen molar-refractivity contribution in [2.75, 3.05) is 26.9 Å². The first kappa shape index (κ1) is 10.5. The molecule has 1 saturated heterocycles. The maximum absolute atomic E-state index is 5.47. The molecule has 0 aliphatic carbocycles. The van der Waals surface area contributed by atoms with Gasteiger partial charge in [-0.05, 0) is 24.1 Å². The number of rotatable bonds is 6. The van der Waals surface area contributed by atoms with Crippen molar-refractivity contribution < 1.29 is 14.2 Å². The molecule has 0 spiro atoms. The Hall–Kier alpha value is -1.06. The number of benzene rings is 1. The Labute approximate surface area is 90.0 Å². The molecule has 15 heavy (non-hydrogen) atoms. The Morgan fingerprint density at radius 2 is 2.33 bits per heavy atom. The molecule has 1 aliphatic rings. The van der Waals surface area contributed by atoms with Crippen LogP contribution in [0.4, 0.5) is 0 Å². The van der Waals surface area contributed by atoms with Gasteiger partial charge in [0.2, 0.25) is 0 Å². The van der Waals surface area contributed by atoms with E-state index in [1.807, 2.05) is 18.2 Å². The maximum atomic E-state index is 5.47. The van der Waals surface area contributed by atoms with E-state index in [0.717, 1.165) is 32.0 Å². The van der Waals surface area contributed by atoms with Crippen molar-refractivity contribution in [3.63, 3.8) is 0 Å². The predicted octanol–water partition coefficient (Wildman–Crippen LogP) is 1.65. The Morgan fingerprint density at radius 1 is 1.47 bits per heavy atom. The average Bonchev–Trinajstić information content (AvgIpc) is 3.09. The highest BCUT2D eigenvalue weighted by molar-refractivity contribution is 5.28. The van der Waals surface area contributed by atoms with Crippen LogP contribution in [0, 0.1) is 0 Å². The van der Waals surface area contributed by atoms with E-state index in [1.54, 1.807) is 7.11 Å². The van der Waals surface area contributed by atoms with Gasteiger partial charge in [0, 0.05) is 0 Å². The lowest BCUT2D eigenvalue weighted by atomic mass is 10.1. The molecule has 0 amide bonds. The molecular weight excluding hydrogens is 192 g/mol. The molecule has 1 aliphatic heterocycles. The van der Waals surface area contributed by atoms with Crippen LogP contribution in [0.15, 0.2) is 24.3 Å². The minimum atomic E-state index is 0.357. The second kappa shape index (κ2) is 5.14. The minimum Gasteiger partial charge on any atom is -0.497 e. The molecule has 3 nitrogen and oxygen atoms in total. The number of ether oxygens (including phenoxy) is 3. The van der Waals surface area contributed by atoms with Crippen LogP contribution in [0.2, 0.25) is 0 Å². The first-order chi connectivity index (χ1) is 7.38. The highest BCUT2D eigenvalue weighted by Gasteiger charge is 2.21. The van der Waals surface area contributed by atoms with Gasteiger partial charge in [-0.25, -0.2) is 0 Å². The number of epoxide rings is 1. The third-order valence-corrected chi connectivity index (χ3v) is 2.38. The number of hydrogen-bond acceptors (Lipinski definition) is 3. The van der Waals surface area contributed by atoms with Crippen molar-refractivity contribution in [3.8, 4) is 5.75 Å². The molecule has 1 unspecified atom stereocenters. The summed E-state index contributed by atoms with van der Waals surface area (Å²) in [6.07, 6.45) is 1.28. The van der Waals surface area contributed by atoms with Crippen LogP contribution in [0.25, 0.3) is 0 Å². The SMILES string of the molecule is COc1cccc(CCOCC2CO2)c1. The third-order valence-electron chi connectivity index (χ3n) is 2.38. The van der Waals surface area contributed by atoms with Gasteiger partial charge >= 0.3 is 0 Å². The average molecular weight is 208 g/mol. The van der Waals surface area contributed by atoms with Crippen LogP contribution in [0.1, 0.15) is 5.56 Å². The van der Waals surface area contributed by atoms with Gasteiger partial charge in [-0.15, -0.1) is 0 Å². The Morgan fingerprint density at radius 3 is 3.07 bits per heavy atom. The summed E-state index contributed by atoms with van der Waals surface area (Å²) < 4.78 is 15.7. The third kappa shape index (κ3) is 3.53. The van der Waals surface area contributed by atoms with Crippen LogP contribution < -0.4 is 4.74 Å². The fourth-order valence-electron chi connectivity index (χ4n) is 1.40. The molecule has 0 N–H and O–H groups in total. The minimum absolute atomic E-state index is 0.357. The number of hydrogen-bond donors (Lipinski definition) is 0. The number of methoxy groups -OCH3 is 1. The zero-order valence-electron chi connectivity index (χ0n) is 8.94. The molecule has 1 fully saturated rings. The molecule has 1 aromatic carbocycles. The Bertz CT molecular complexity index is 307. The van der Waals surface area contributed by atoms with Crippen molar-refractivity contribution in [1.29, 1.82) is 0 Å². The van der Waals surface area contributed by atoms with Crippen molar-refractivity contribution in [2.24, 2.45) is 0 Å². The largest absolute Gasteiger partial charge is 0.497 e. The first-order valence-corrected chi connectivity index (χ1v) is 5.21. The van der Waals surface area contributed by atoms with Crippen LogP contribution in [-0.4, -0.2) is 33.0 Å². The fourth-order valence-corrected chi connectivity index (χ4v) is 1.40. The monoisotopic (exact) mass is 208 g/mol. The van der Waals surface area contributed by atoms with Gasteiger partial charge in [0.25, 0.3) is 0 Å². The predicted molar refractivity (Wildman–Crippen MR) is 57.3 cm³/mol. The van der Waals surface area contributed by atoms with E-state index in [9.17, 15) is 0 Å². The van der Waals surface area contributed by atoms with Gasteiger partial charge in [-0.2, -0.15) is 0 Å². The van der Waals surface area contributed by atoms with Crippen LogP contribution in [-0.2, 0) is 15.9 Å².